The number of hydrogen-bond donors (Lipinski definition) is 0. The molecule has 0 N–H and O–H groups in total. The van der Waals surface area contributed by atoms with Gasteiger partial charge in [-0.1, -0.05) is 31.0 Å². The van der Waals surface area contributed by atoms with Gasteiger partial charge >= 0.3 is 6.18 Å². The second kappa shape index (κ2) is 7.99. The van der Waals surface area contributed by atoms with Crippen LogP contribution in [0.4, 0.5) is 13.2 Å². The molecule has 2 fully saturated rings. The largest absolute Gasteiger partial charge is 0.416 e. The van der Waals surface area contributed by atoms with E-state index in [0.29, 0.717) is 11.6 Å². The van der Waals surface area contributed by atoms with E-state index in [-0.39, 0.29) is 18.4 Å². The summed E-state index contributed by atoms with van der Waals surface area (Å²) in [5.74, 6) is -0.0968. The topological polar surface area (TPSA) is 23.6 Å². The molecule has 0 bridgehead atoms. The summed E-state index contributed by atoms with van der Waals surface area (Å²) < 4.78 is 38.6. The van der Waals surface area contributed by atoms with Gasteiger partial charge in [0.25, 0.3) is 0 Å². The normalized spacial score (nSPS) is 24.6. The van der Waals surface area contributed by atoms with E-state index in [9.17, 15) is 18.0 Å². The van der Waals surface area contributed by atoms with Crippen LogP contribution in [0.1, 0.15) is 49.7 Å². The Balaban J connectivity index is 1.68. The summed E-state index contributed by atoms with van der Waals surface area (Å²) in [4.78, 5) is 17.1. The Kier molecular flexibility index (Phi) is 5.90. The fraction of sp³-hybridized carbons (Fsp3) is 0.650. The standard InChI is InChI=1S/C20H27F3N2O/c1-24(17-9-2-3-10-18(17)25-11-4-5-12-25)19(26)14-15-7-6-8-16(13-15)20(21,22)23/h6-8,13,17-18H,2-5,9-12,14H2,1H3/t17-,18-/m1/s1. The minimum absolute atomic E-state index is 0.0175. The second-order valence-corrected chi connectivity index (χ2v) is 7.54. The van der Waals surface area contributed by atoms with Crippen LogP contribution in [0.2, 0.25) is 0 Å². The van der Waals surface area contributed by atoms with E-state index in [0.717, 1.165) is 44.5 Å². The van der Waals surface area contributed by atoms with E-state index in [1.54, 1.807) is 11.0 Å². The van der Waals surface area contributed by atoms with Gasteiger partial charge in [0, 0.05) is 19.1 Å². The van der Waals surface area contributed by atoms with Crippen LogP contribution in [0.15, 0.2) is 24.3 Å². The Morgan fingerprint density at radius 3 is 2.54 bits per heavy atom. The molecule has 26 heavy (non-hydrogen) atoms. The summed E-state index contributed by atoms with van der Waals surface area (Å²) in [6.45, 7) is 2.19. The number of amides is 1. The van der Waals surface area contributed by atoms with E-state index in [4.69, 9.17) is 0 Å². The van der Waals surface area contributed by atoms with E-state index in [2.05, 4.69) is 4.90 Å². The molecule has 2 atom stereocenters. The highest BCUT2D eigenvalue weighted by Gasteiger charge is 2.35. The summed E-state index contributed by atoms with van der Waals surface area (Å²) in [5.41, 5.74) is -0.275. The number of likely N-dealkylation sites (N-methyl/N-ethyl adjacent to an activating group) is 1. The molecular formula is C20H27F3N2O. The molecule has 0 radical (unpaired) electrons. The highest BCUT2D eigenvalue weighted by atomic mass is 19.4. The monoisotopic (exact) mass is 368 g/mol. The first-order valence-electron chi connectivity index (χ1n) is 9.52. The molecule has 1 aromatic rings. The average Bonchev–Trinajstić information content (AvgIpc) is 3.15. The number of alkyl halides is 3. The molecule has 0 spiro atoms. The van der Waals surface area contributed by atoms with Gasteiger partial charge in [-0.15, -0.1) is 0 Å². The van der Waals surface area contributed by atoms with E-state index in [1.807, 2.05) is 7.05 Å². The molecule has 2 aliphatic rings. The Bertz CT molecular complexity index is 626. The van der Waals surface area contributed by atoms with E-state index < -0.39 is 11.7 Å². The van der Waals surface area contributed by atoms with Crippen molar-refractivity contribution in [1.29, 1.82) is 0 Å². The number of hydrogen-bond acceptors (Lipinski definition) is 2. The van der Waals surface area contributed by atoms with Crippen molar-refractivity contribution in [2.24, 2.45) is 0 Å². The lowest BCUT2D eigenvalue weighted by Gasteiger charge is -2.42. The maximum atomic E-state index is 12.9. The van der Waals surface area contributed by atoms with Gasteiger partial charge in [-0.25, -0.2) is 0 Å². The van der Waals surface area contributed by atoms with Gasteiger partial charge < -0.3 is 4.90 Å². The SMILES string of the molecule is CN(C(=O)Cc1cccc(C(F)(F)F)c1)[C@@H]1CCCC[C@H]1N1CCCC1. The van der Waals surface area contributed by atoms with Crippen molar-refractivity contribution in [3.8, 4) is 0 Å². The summed E-state index contributed by atoms with van der Waals surface area (Å²) >= 11 is 0. The Hall–Kier alpha value is -1.56. The Morgan fingerprint density at radius 2 is 1.85 bits per heavy atom. The van der Waals surface area contributed by atoms with E-state index >= 15 is 0 Å². The van der Waals surface area contributed by atoms with Crippen molar-refractivity contribution in [1.82, 2.24) is 9.80 Å². The number of nitrogens with zero attached hydrogens (tertiary/aromatic N) is 2. The third-order valence-corrected chi connectivity index (χ3v) is 5.80. The lowest BCUT2D eigenvalue weighted by atomic mass is 9.88. The third kappa shape index (κ3) is 4.40. The fourth-order valence-corrected chi connectivity index (χ4v) is 4.38. The Morgan fingerprint density at radius 1 is 1.15 bits per heavy atom. The van der Waals surface area contributed by atoms with Crippen molar-refractivity contribution in [2.45, 2.75) is 63.2 Å². The highest BCUT2D eigenvalue weighted by Crippen LogP contribution is 2.31. The summed E-state index contributed by atoms with van der Waals surface area (Å²) in [6.07, 6.45) is 2.44. The van der Waals surface area contributed by atoms with Crippen molar-refractivity contribution < 1.29 is 18.0 Å². The van der Waals surface area contributed by atoms with Crippen molar-refractivity contribution >= 4 is 5.91 Å². The zero-order valence-corrected chi connectivity index (χ0v) is 15.3. The molecular weight excluding hydrogens is 341 g/mol. The zero-order chi connectivity index (χ0) is 18.7. The number of rotatable bonds is 4. The highest BCUT2D eigenvalue weighted by molar-refractivity contribution is 5.79. The number of carbonyl (C=O) groups is 1. The lowest BCUT2D eigenvalue weighted by Crippen LogP contribution is -2.53. The first-order valence-corrected chi connectivity index (χ1v) is 9.52. The predicted molar refractivity (Wildman–Crippen MR) is 94.8 cm³/mol. The number of halogens is 3. The minimum Gasteiger partial charge on any atom is -0.341 e. The van der Waals surface area contributed by atoms with Crippen LogP contribution in [0.25, 0.3) is 0 Å². The molecule has 1 saturated heterocycles. The fourth-order valence-electron chi connectivity index (χ4n) is 4.38. The quantitative estimate of drug-likeness (QED) is 0.798. The first kappa shape index (κ1) is 19.2. The molecule has 6 heteroatoms. The van der Waals surface area contributed by atoms with Crippen LogP contribution in [-0.2, 0) is 17.4 Å². The third-order valence-electron chi connectivity index (χ3n) is 5.80. The molecule has 1 heterocycles. The van der Waals surface area contributed by atoms with E-state index in [1.165, 1.54) is 25.3 Å². The number of carbonyl (C=O) groups excluding carboxylic acids is 1. The molecule has 144 valence electrons. The molecule has 1 saturated carbocycles. The van der Waals surface area contributed by atoms with Crippen molar-refractivity contribution in [3.63, 3.8) is 0 Å². The molecule has 1 aliphatic heterocycles. The molecule has 3 rings (SSSR count). The minimum atomic E-state index is -4.38. The van der Waals surface area contributed by atoms with Crippen LogP contribution in [-0.4, -0.2) is 47.9 Å². The van der Waals surface area contributed by atoms with Gasteiger partial charge in [0.1, 0.15) is 0 Å². The van der Waals surface area contributed by atoms with Gasteiger partial charge in [-0.3, -0.25) is 9.69 Å². The number of benzene rings is 1. The summed E-state index contributed by atoms with van der Waals surface area (Å²) in [7, 11) is 1.81. The predicted octanol–water partition coefficient (Wildman–Crippen LogP) is 4.11. The maximum Gasteiger partial charge on any atom is 0.416 e. The summed E-state index contributed by atoms with van der Waals surface area (Å²) in [5, 5.41) is 0. The maximum absolute atomic E-state index is 12.9. The molecule has 3 nitrogen and oxygen atoms in total. The van der Waals surface area contributed by atoms with Gasteiger partial charge in [0.2, 0.25) is 5.91 Å². The first-order chi connectivity index (χ1) is 12.4. The lowest BCUT2D eigenvalue weighted by molar-refractivity contribution is -0.138. The second-order valence-electron chi connectivity index (χ2n) is 7.54. The zero-order valence-electron chi connectivity index (χ0n) is 15.3. The van der Waals surface area contributed by atoms with Gasteiger partial charge in [0.05, 0.1) is 12.0 Å². The van der Waals surface area contributed by atoms with Gasteiger partial charge in [-0.2, -0.15) is 13.2 Å². The Labute approximate surface area is 153 Å². The molecule has 1 aromatic carbocycles. The van der Waals surface area contributed by atoms with Gasteiger partial charge in [0.15, 0.2) is 0 Å². The molecule has 0 unspecified atom stereocenters. The smallest absolute Gasteiger partial charge is 0.341 e. The molecule has 0 aromatic heterocycles. The van der Waals surface area contributed by atoms with Gasteiger partial charge in [-0.05, 0) is 50.4 Å². The number of likely N-dealkylation sites (tertiary alicyclic amines) is 1. The molecule has 1 aliphatic carbocycles. The summed E-state index contributed by atoms with van der Waals surface area (Å²) in [6, 6.07) is 5.66. The van der Waals surface area contributed by atoms with Crippen molar-refractivity contribution in [2.75, 3.05) is 20.1 Å². The van der Waals surface area contributed by atoms with Crippen LogP contribution in [0.3, 0.4) is 0 Å². The van der Waals surface area contributed by atoms with Crippen LogP contribution in [0.5, 0.6) is 0 Å². The van der Waals surface area contributed by atoms with Crippen LogP contribution in [0, 0.1) is 0 Å². The molecule has 1 amide bonds. The van der Waals surface area contributed by atoms with Crippen LogP contribution < -0.4 is 0 Å². The van der Waals surface area contributed by atoms with Crippen molar-refractivity contribution in [3.05, 3.63) is 35.4 Å². The van der Waals surface area contributed by atoms with Crippen LogP contribution >= 0.6 is 0 Å². The average molecular weight is 368 g/mol.